The monoisotopic (exact) mass is 337 g/mol. The van der Waals surface area contributed by atoms with Crippen LogP contribution < -0.4 is 20.1 Å². The molecule has 2 N–H and O–H groups in total. The van der Waals surface area contributed by atoms with Crippen molar-refractivity contribution in [3.8, 4) is 11.5 Å². The molecule has 0 unspecified atom stereocenters. The lowest BCUT2D eigenvalue weighted by Crippen LogP contribution is -2.03. The minimum absolute atomic E-state index is 0.393. The summed E-state index contributed by atoms with van der Waals surface area (Å²) >= 11 is 0. The fraction of sp³-hybridized carbons (Fsp3) is 0.167. The molecule has 0 spiro atoms. The molecule has 0 radical (unpaired) electrons. The van der Waals surface area contributed by atoms with Crippen LogP contribution in [-0.2, 0) is 0 Å². The number of aromatic nitrogens is 3. The van der Waals surface area contributed by atoms with Gasteiger partial charge in [-0.3, -0.25) is 0 Å². The zero-order valence-corrected chi connectivity index (χ0v) is 14.1. The molecule has 0 atom stereocenters. The molecule has 0 bridgehead atoms. The van der Waals surface area contributed by atoms with Crippen LogP contribution in [0.1, 0.15) is 6.92 Å². The summed E-state index contributed by atoms with van der Waals surface area (Å²) in [5, 5.41) is 14.3. The van der Waals surface area contributed by atoms with Crippen molar-refractivity contribution in [3.63, 3.8) is 0 Å². The van der Waals surface area contributed by atoms with Crippen molar-refractivity contribution >= 4 is 23.1 Å². The maximum absolute atomic E-state index is 5.43. The van der Waals surface area contributed by atoms with Crippen molar-refractivity contribution in [2.45, 2.75) is 6.92 Å². The van der Waals surface area contributed by atoms with E-state index in [1.165, 1.54) is 0 Å². The molecule has 0 saturated carbocycles. The maximum atomic E-state index is 5.43. The molecule has 2 aromatic carbocycles. The molecule has 0 saturated heterocycles. The minimum Gasteiger partial charge on any atom is -0.495 e. The van der Waals surface area contributed by atoms with E-state index in [1.807, 2.05) is 55.5 Å². The van der Waals surface area contributed by atoms with Gasteiger partial charge in [0.25, 0.3) is 0 Å². The number of nitrogens with one attached hydrogen (secondary N) is 2. The second kappa shape index (κ2) is 7.96. The van der Waals surface area contributed by atoms with Crippen molar-refractivity contribution < 1.29 is 9.47 Å². The number of hydrogen-bond donors (Lipinski definition) is 2. The van der Waals surface area contributed by atoms with E-state index >= 15 is 0 Å². The standard InChI is InChI=1S/C18H19N5O2/c1-3-25-14-10-8-13(9-11-14)20-18-22-17(12-19-23-18)21-15-6-4-5-7-16(15)24-2/h4-12H,3H2,1-2H3,(H2,20,21,22,23). The van der Waals surface area contributed by atoms with E-state index < -0.39 is 0 Å². The van der Waals surface area contributed by atoms with Gasteiger partial charge in [-0.1, -0.05) is 12.1 Å². The third-order valence-electron chi connectivity index (χ3n) is 3.35. The number of methoxy groups -OCH3 is 1. The molecular formula is C18H19N5O2. The van der Waals surface area contributed by atoms with E-state index in [-0.39, 0.29) is 0 Å². The zero-order chi connectivity index (χ0) is 17.5. The van der Waals surface area contributed by atoms with Gasteiger partial charge in [0, 0.05) is 5.69 Å². The highest BCUT2D eigenvalue weighted by Gasteiger charge is 2.05. The summed E-state index contributed by atoms with van der Waals surface area (Å²) in [4.78, 5) is 4.41. The number of anilines is 4. The van der Waals surface area contributed by atoms with E-state index in [0.29, 0.717) is 18.4 Å². The Morgan fingerprint density at radius 3 is 2.56 bits per heavy atom. The van der Waals surface area contributed by atoms with Gasteiger partial charge in [0.05, 0.1) is 25.6 Å². The van der Waals surface area contributed by atoms with Crippen LogP contribution in [0.4, 0.5) is 23.1 Å². The van der Waals surface area contributed by atoms with E-state index in [4.69, 9.17) is 9.47 Å². The summed E-state index contributed by atoms with van der Waals surface area (Å²) in [6, 6.07) is 15.2. The van der Waals surface area contributed by atoms with Crippen LogP contribution in [0.2, 0.25) is 0 Å². The van der Waals surface area contributed by atoms with E-state index in [0.717, 1.165) is 22.9 Å². The van der Waals surface area contributed by atoms with E-state index in [1.54, 1.807) is 13.3 Å². The molecule has 128 valence electrons. The molecule has 3 rings (SSSR count). The summed E-state index contributed by atoms with van der Waals surface area (Å²) < 4.78 is 10.7. The molecular weight excluding hydrogens is 318 g/mol. The molecule has 7 heteroatoms. The highest BCUT2D eigenvalue weighted by Crippen LogP contribution is 2.26. The molecule has 3 aromatic rings. The largest absolute Gasteiger partial charge is 0.495 e. The predicted octanol–water partition coefficient (Wildman–Crippen LogP) is 3.77. The van der Waals surface area contributed by atoms with Crippen molar-refractivity contribution in [1.29, 1.82) is 0 Å². The van der Waals surface area contributed by atoms with Crippen molar-refractivity contribution in [3.05, 3.63) is 54.7 Å². The Balaban J connectivity index is 1.73. The van der Waals surface area contributed by atoms with Gasteiger partial charge in [-0.05, 0) is 43.3 Å². The van der Waals surface area contributed by atoms with Gasteiger partial charge in [-0.15, -0.1) is 5.10 Å². The van der Waals surface area contributed by atoms with Crippen molar-refractivity contribution in [1.82, 2.24) is 15.2 Å². The lowest BCUT2D eigenvalue weighted by molar-refractivity contribution is 0.340. The normalized spacial score (nSPS) is 10.2. The summed E-state index contributed by atoms with van der Waals surface area (Å²) in [7, 11) is 1.62. The Kier molecular flexibility index (Phi) is 5.26. The third kappa shape index (κ3) is 4.35. The van der Waals surface area contributed by atoms with Crippen LogP contribution in [0.15, 0.2) is 54.7 Å². The number of benzene rings is 2. The van der Waals surface area contributed by atoms with Crippen LogP contribution >= 0.6 is 0 Å². The fourth-order valence-corrected chi connectivity index (χ4v) is 2.23. The predicted molar refractivity (Wildman–Crippen MR) is 97.0 cm³/mol. The summed E-state index contributed by atoms with van der Waals surface area (Å²) in [5.74, 6) is 2.50. The quantitative estimate of drug-likeness (QED) is 0.679. The fourth-order valence-electron chi connectivity index (χ4n) is 2.23. The van der Waals surface area contributed by atoms with Crippen LogP contribution in [0.3, 0.4) is 0 Å². The van der Waals surface area contributed by atoms with Gasteiger partial charge in [0.1, 0.15) is 11.5 Å². The molecule has 1 aromatic heterocycles. The Morgan fingerprint density at radius 2 is 1.80 bits per heavy atom. The first kappa shape index (κ1) is 16.5. The van der Waals surface area contributed by atoms with Gasteiger partial charge in [-0.2, -0.15) is 10.1 Å². The number of hydrogen-bond acceptors (Lipinski definition) is 7. The van der Waals surface area contributed by atoms with Gasteiger partial charge in [0.2, 0.25) is 5.95 Å². The van der Waals surface area contributed by atoms with Gasteiger partial charge < -0.3 is 20.1 Å². The lowest BCUT2D eigenvalue weighted by Gasteiger charge is -2.11. The second-order valence-corrected chi connectivity index (χ2v) is 5.07. The molecule has 25 heavy (non-hydrogen) atoms. The molecule has 0 amide bonds. The first-order chi connectivity index (χ1) is 12.3. The van der Waals surface area contributed by atoms with Crippen molar-refractivity contribution in [2.75, 3.05) is 24.4 Å². The maximum Gasteiger partial charge on any atom is 0.249 e. The minimum atomic E-state index is 0.393. The topological polar surface area (TPSA) is 81.2 Å². The van der Waals surface area contributed by atoms with Crippen LogP contribution in [0.5, 0.6) is 11.5 Å². The van der Waals surface area contributed by atoms with E-state index in [9.17, 15) is 0 Å². The average molecular weight is 337 g/mol. The smallest absolute Gasteiger partial charge is 0.249 e. The van der Waals surface area contributed by atoms with Crippen LogP contribution in [0, 0.1) is 0 Å². The molecule has 0 aliphatic rings. The van der Waals surface area contributed by atoms with Crippen LogP contribution in [-0.4, -0.2) is 28.9 Å². The zero-order valence-electron chi connectivity index (χ0n) is 14.1. The molecule has 0 aliphatic heterocycles. The molecule has 0 fully saturated rings. The Hall–Kier alpha value is -3.35. The number of rotatable bonds is 7. The van der Waals surface area contributed by atoms with Gasteiger partial charge in [0.15, 0.2) is 5.82 Å². The molecule has 1 heterocycles. The van der Waals surface area contributed by atoms with Crippen molar-refractivity contribution in [2.24, 2.45) is 0 Å². The summed E-state index contributed by atoms with van der Waals surface area (Å²) in [5.41, 5.74) is 1.65. The third-order valence-corrected chi connectivity index (χ3v) is 3.35. The summed E-state index contributed by atoms with van der Waals surface area (Å²) in [6.07, 6.45) is 1.55. The van der Waals surface area contributed by atoms with E-state index in [2.05, 4.69) is 25.8 Å². The number of ether oxygens (including phenoxy) is 2. The molecule has 0 aliphatic carbocycles. The van der Waals surface area contributed by atoms with Gasteiger partial charge >= 0.3 is 0 Å². The Labute approximate surface area is 146 Å². The Bertz CT molecular complexity index is 824. The number of para-hydroxylation sites is 2. The first-order valence-electron chi connectivity index (χ1n) is 7.88. The highest BCUT2D eigenvalue weighted by molar-refractivity contribution is 5.64. The summed E-state index contributed by atoms with van der Waals surface area (Å²) in [6.45, 7) is 2.59. The first-order valence-corrected chi connectivity index (χ1v) is 7.88. The van der Waals surface area contributed by atoms with Gasteiger partial charge in [-0.25, -0.2) is 0 Å². The molecule has 7 nitrogen and oxygen atoms in total. The second-order valence-electron chi connectivity index (χ2n) is 5.07. The highest BCUT2D eigenvalue weighted by atomic mass is 16.5. The lowest BCUT2D eigenvalue weighted by atomic mass is 10.3. The van der Waals surface area contributed by atoms with Crippen LogP contribution in [0.25, 0.3) is 0 Å². The SMILES string of the molecule is CCOc1ccc(Nc2nncc(Nc3ccccc3OC)n2)cc1. The number of nitrogens with zero attached hydrogens (tertiary/aromatic N) is 3. The average Bonchev–Trinajstić information content (AvgIpc) is 2.64. The Morgan fingerprint density at radius 1 is 1.00 bits per heavy atom.